The van der Waals surface area contributed by atoms with Crippen LogP contribution in [0.1, 0.15) is 21.7 Å². The predicted molar refractivity (Wildman–Crippen MR) is 96.0 cm³/mol. The number of carbonyl (C=O) groups is 2. The summed E-state index contributed by atoms with van der Waals surface area (Å²) in [5.74, 6) is -0.439. The summed E-state index contributed by atoms with van der Waals surface area (Å²) in [5, 5.41) is 5.46. The summed E-state index contributed by atoms with van der Waals surface area (Å²) in [6.07, 6.45) is 3.15. The van der Waals surface area contributed by atoms with Crippen molar-refractivity contribution in [2.24, 2.45) is 0 Å². The first kappa shape index (κ1) is 15.8. The van der Waals surface area contributed by atoms with Crippen molar-refractivity contribution in [1.82, 2.24) is 0 Å². The number of hydrogen-bond acceptors (Lipinski definition) is 3. The molecule has 0 radical (unpaired) electrons. The van der Waals surface area contributed by atoms with Crippen molar-refractivity contribution in [3.05, 3.63) is 83.6 Å². The maximum atomic E-state index is 13.0. The Morgan fingerprint density at radius 1 is 1.12 bits per heavy atom. The maximum Gasteiger partial charge on any atom is 0.256 e. The molecule has 1 aromatic heterocycles. The van der Waals surface area contributed by atoms with Crippen molar-refractivity contribution in [2.45, 2.75) is 0 Å². The van der Waals surface area contributed by atoms with Gasteiger partial charge in [-0.25, -0.2) is 4.39 Å². The molecule has 3 aromatic rings. The quantitative estimate of drug-likeness (QED) is 0.698. The van der Waals surface area contributed by atoms with Gasteiger partial charge in [-0.2, -0.15) is 0 Å². The van der Waals surface area contributed by atoms with Gasteiger partial charge in [0.2, 0.25) is 0 Å². The van der Waals surface area contributed by atoms with Crippen LogP contribution in [-0.4, -0.2) is 11.8 Å². The van der Waals surface area contributed by atoms with Gasteiger partial charge in [0.25, 0.3) is 11.8 Å². The lowest BCUT2D eigenvalue weighted by Gasteiger charge is -2.07. The Hall–Kier alpha value is -3.67. The summed E-state index contributed by atoms with van der Waals surface area (Å²) >= 11 is 0. The number of carbonyl (C=O) groups excluding carboxylic acids is 2. The molecule has 2 amide bonds. The molecule has 0 bridgehead atoms. The number of furan rings is 1. The molecule has 5 nitrogen and oxygen atoms in total. The van der Waals surface area contributed by atoms with E-state index in [9.17, 15) is 14.0 Å². The Morgan fingerprint density at radius 3 is 2.65 bits per heavy atom. The standard InChI is InChI=1S/C20H13FN2O3/c21-13-4-6-14(7-5-13)22-19(24)12-3-8-18-16(10-12)17(20(25)23-18)11-15-2-1-9-26-15/h1-11H,(H,22,24)(H,23,25). The first-order chi connectivity index (χ1) is 12.6. The highest BCUT2D eigenvalue weighted by Crippen LogP contribution is 2.34. The first-order valence-corrected chi connectivity index (χ1v) is 7.88. The molecule has 6 heteroatoms. The fourth-order valence-corrected chi connectivity index (χ4v) is 2.72. The van der Waals surface area contributed by atoms with Crippen LogP contribution in [0.4, 0.5) is 15.8 Å². The van der Waals surface area contributed by atoms with Gasteiger partial charge in [-0.05, 0) is 60.7 Å². The second kappa shape index (κ2) is 6.33. The van der Waals surface area contributed by atoms with E-state index < -0.39 is 0 Å². The zero-order chi connectivity index (χ0) is 18.1. The molecular formula is C20H13FN2O3. The van der Waals surface area contributed by atoms with Crippen LogP contribution < -0.4 is 10.6 Å². The van der Waals surface area contributed by atoms with Gasteiger partial charge in [0.1, 0.15) is 11.6 Å². The predicted octanol–water partition coefficient (Wildman–Crippen LogP) is 4.16. The monoisotopic (exact) mass is 348 g/mol. The third kappa shape index (κ3) is 3.00. The summed E-state index contributed by atoms with van der Waals surface area (Å²) in [5.41, 5.74) is 2.54. The Bertz CT molecular complexity index is 1020. The van der Waals surface area contributed by atoms with Crippen LogP contribution in [-0.2, 0) is 4.79 Å². The van der Waals surface area contributed by atoms with E-state index in [1.165, 1.54) is 30.5 Å². The second-order valence-electron chi connectivity index (χ2n) is 5.75. The van der Waals surface area contributed by atoms with Gasteiger partial charge in [0.05, 0.1) is 11.8 Å². The van der Waals surface area contributed by atoms with Gasteiger partial charge in [-0.1, -0.05) is 0 Å². The van der Waals surface area contributed by atoms with Crippen molar-refractivity contribution in [3.8, 4) is 0 Å². The lowest BCUT2D eigenvalue weighted by atomic mass is 10.0. The fourth-order valence-electron chi connectivity index (χ4n) is 2.72. The molecule has 128 valence electrons. The van der Waals surface area contributed by atoms with Gasteiger partial charge < -0.3 is 15.1 Å². The minimum atomic E-state index is -0.377. The molecule has 0 atom stereocenters. The summed E-state index contributed by atoms with van der Waals surface area (Å²) in [6.45, 7) is 0. The lowest BCUT2D eigenvalue weighted by molar-refractivity contribution is -0.110. The molecule has 0 aliphatic carbocycles. The van der Waals surface area contributed by atoms with E-state index >= 15 is 0 Å². The van der Waals surface area contributed by atoms with Crippen LogP contribution in [0, 0.1) is 5.82 Å². The largest absolute Gasteiger partial charge is 0.465 e. The summed E-state index contributed by atoms with van der Waals surface area (Å²) in [7, 11) is 0. The molecular weight excluding hydrogens is 335 g/mol. The number of anilines is 2. The zero-order valence-electron chi connectivity index (χ0n) is 13.5. The van der Waals surface area contributed by atoms with Crippen molar-refractivity contribution < 1.29 is 18.4 Å². The van der Waals surface area contributed by atoms with Gasteiger partial charge in [0, 0.05) is 22.5 Å². The Kier molecular flexibility index (Phi) is 3.85. The van der Waals surface area contributed by atoms with Crippen LogP contribution in [0.25, 0.3) is 11.6 Å². The number of benzene rings is 2. The number of fused-ring (bicyclic) bond motifs is 1. The van der Waals surface area contributed by atoms with E-state index in [0.717, 1.165) is 0 Å². The molecule has 0 fully saturated rings. The van der Waals surface area contributed by atoms with Crippen LogP contribution >= 0.6 is 0 Å². The van der Waals surface area contributed by atoms with Gasteiger partial charge in [-0.3, -0.25) is 9.59 Å². The SMILES string of the molecule is O=C1Nc2ccc(C(=O)Nc3ccc(F)cc3)cc2C1=Cc1ccco1. The molecule has 0 spiro atoms. The molecule has 0 unspecified atom stereocenters. The smallest absolute Gasteiger partial charge is 0.256 e. The molecule has 4 rings (SSSR count). The molecule has 1 aliphatic heterocycles. The topological polar surface area (TPSA) is 71.3 Å². The van der Waals surface area contributed by atoms with E-state index in [2.05, 4.69) is 10.6 Å². The highest BCUT2D eigenvalue weighted by Gasteiger charge is 2.25. The van der Waals surface area contributed by atoms with E-state index in [1.54, 1.807) is 36.4 Å². The van der Waals surface area contributed by atoms with Crippen LogP contribution in [0.2, 0.25) is 0 Å². The average molecular weight is 348 g/mol. The number of halogens is 1. The van der Waals surface area contributed by atoms with E-state index in [4.69, 9.17) is 4.42 Å². The third-order valence-corrected chi connectivity index (χ3v) is 4.00. The molecule has 26 heavy (non-hydrogen) atoms. The molecule has 2 N–H and O–H groups in total. The van der Waals surface area contributed by atoms with Crippen LogP contribution in [0.15, 0.2) is 65.3 Å². The minimum Gasteiger partial charge on any atom is -0.465 e. The normalized spacial score (nSPS) is 14.2. The van der Waals surface area contributed by atoms with Crippen molar-refractivity contribution in [3.63, 3.8) is 0 Å². The fraction of sp³-hybridized carbons (Fsp3) is 0. The number of amides is 2. The third-order valence-electron chi connectivity index (χ3n) is 4.00. The summed E-state index contributed by atoms with van der Waals surface area (Å²) in [4.78, 5) is 24.7. The first-order valence-electron chi connectivity index (χ1n) is 7.88. The van der Waals surface area contributed by atoms with Gasteiger partial charge in [0.15, 0.2) is 0 Å². The summed E-state index contributed by atoms with van der Waals surface area (Å²) < 4.78 is 18.2. The molecule has 2 heterocycles. The number of hydrogen-bond donors (Lipinski definition) is 2. The molecule has 0 saturated heterocycles. The minimum absolute atomic E-state index is 0.257. The Labute approximate surface area is 148 Å². The van der Waals surface area contributed by atoms with Crippen molar-refractivity contribution in [2.75, 3.05) is 10.6 Å². The average Bonchev–Trinajstić information content (AvgIpc) is 3.25. The van der Waals surface area contributed by atoms with Crippen molar-refractivity contribution >= 4 is 34.8 Å². The van der Waals surface area contributed by atoms with Crippen LogP contribution in [0.3, 0.4) is 0 Å². The van der Waals surface area contributed by atoms with Crippen molar-refractivity contribution in [1.29, 1.82) is 0 Å². The second-order valence-corrected chi connectivity index (χ2v) is 5.75. The van der Waals surface area contributed by atoms with E-state index in [1.807, 2.05) is 0 Å². The highest BCUT2D eigenvalue weighted by molar-refractivity contribution is 6.35. The van der Waals surface area contributed by atoms with Gasteiger partial charge in [-0.15, -0.1) is 0 Å². The van der Waals surface area contributed by atoms with E-state index in [0.29, 0.717) is 33.8 Å². The zero-order valence-corrected chi connectivity index (χ0v) is 13.5. The molecule has 0 saturated carbocycles. The summed E-state index contributed by atoms with van der Waals surface area (Å²) in [6, 6.07) is 13.9. The lowest BCUT2D eigenvalue weighted by Crippen LogP contribution is -2.12. The molecule has 2 aromatic carbocycles. The maximum absolute atomic E-state index is 13.0. The van der Waals surface area contributed by atoms with E-state index in [-0.39, 0.29) is 17.6 Å². The highest BCUT2D eigenvalue weighted by atomic mass is 19.1. The van der Waals surface area contributed by atoms with Crippen LogP contribution in [0.5, 0.6) is 0 Å². The molecule has 1 aliphatic rings. The Morgan fingerprint density at radius 2 is 1.92 bits per heavy atom. The number of rotatable bonds is 3. The Balaban J connectivity index is 1.64. The number of nitrogens with one attached hydrogen (secondary N) is 2. The van der Waals surface area contributed by atoms with Gasteiger partial charge >= 0.3 is 0 Å².